The lowest BCUT2D eigenvalue weighted by Crippen LogP contribution is -1.94. The van der Waals surface area contributed by atoms with E-state index in [0.29, 0.717) is 11.4 Å². The summed E-state index contributed by atoms with van der Waals surface area (Å²) >= 11 is 0. The van der Waals surface area contributed by atoms with Crippen molar-refractivity contribution in [3.63, 3.8) is 0 Å². The van der Waals surface area contributed by atoms with Crippen molar-refractivity contribution in [3.05, 3.63) is 59.7 Å². The molecule has 2 heterocycles. The maximum atomic E-state index is 13.7. The zero-order chi connectivity index (χ0) is 13.4. The number of hydrogen-bond acceptors (Lipinski definition) is 2. The Morgan fingerprint density at radius 2 is 1.95 bits per heavy atom. The van der Waals surface area contributed by atoms with Gasteiger partial charge in [0, 0.05) is 11.8 Å². The van der Waals surface area contributed by atoms with Gasteiger partial charge < -0.3 is 5.11 Å². The highest BCUT2D eigenvalue weighted by atomic mass is 19.1. The molecule has 2 aromatic heterocycles. The minimum atomic E-state index is -0.393. The number of halogens is 1. The van der Waals surface area contributed by atoms with Crippen LogP contribution in [0.1, 0.15) is 11.3 Å². The molecule has 0 fully saturated rings. The van der Waals surface area contributed by atoms with E-state index in [1.807, 2.05) is 31.2 Å². The molecular formula is C15H13FN2O. The molecule has 0 saturated carbocycles. The van der Waals surface area contributed by atoms with Crippen LogP contribution in [0.15, 0.2) is 42.6 Å². The number of aliphatic hydroxyl groups excluding tert-OH is 1. The molecule has 0 bridgehead atoms. The molecule has 3 rings (SSSR count). The number of aryl methyl sites for hydroxylation is 1. The van der Waals surface area contributed by atoms with Crippen molar-refractivity contribution in [1.29, 1.82) is 0 Å². The van der Waals surface area contributed by atoms with E-state index in [1.54, 1.807) is 16.7 Å². The molecule has 0 spiro atoms. The van der Waals surface area contributed by atoms with Crippen LogP contribution in [-0.2, 0) is 6.61 Å². The molecule has 0 saturated heterocycles. The Hall–Kier alpha value is -2.20. The molecule has 19 heavy (non-hydrogen) atoms. The van der Waals surface area contributed by atoms with Crippen LogP contribution in [0.4, 0.5) is 4.39 Å². The van der Waals surface area contributed by atoms with Crippen molar-refractivity contribution in [2.24, 2.45) is 0 Å². The molecule has 0 amide bonds. The number of benzene rings is 1. The van der Waals surface area contributed by atoms with Crippen molar-refractivity contribution in [2.45, 2.75) is 13.5 Å². The van der Waals surface area contributed by atoms with E-state index in [9.17, 15) is 9.50 Å². The summed E-state index contributed by atoms with van der Waals surface area (Å²) in [5.74, 6) is -0.393. The largest absolute Gasteiger partial charge is 0.390 e. The number of pyridine rings is 1. The van der Waals surface area contributed by atoms with Gasteiger partial charge in [-0.05, 0) is 19.1 Å². The van der Waals surface area contributed by atoms with E-state index in [1.165, 1.54) is 6.07 Å². The van der Waals surface area contributed by atoms with Gasteiger partial charge in [0.25, 0.3) is 0 Å². The first-order valence-corrected chi connectivity index (χ1v) is 6.04. The highest BCUT2D eigenvalue weighted by Gasteiger charge is 2.15. The van der Waals surface area contributed by atoms with Crippen LogP contribution in [0.3, 0.4) is 0 Å². The monoisotopic (exact) mass is 256 g/mol. The summed E-state index contributed by atoms with van der Waals surface area (Å²) in [5, 5.41) is 9.53. The van der Waals surface area contributed by atoms with Crippen LogP contribution >= 0.6 is 0 Å². The lowest BCUT2D eigenvalue weighted by molar-refractivity contribution is 0.276. The van der Waals surface area contributed by atoms with E-state index in [-0.39, 0.29) is 12.3 Å². The fourth-order valence-electron chi connectivity index (χ4n) is 2.18. The van der Waals surface area contributed by atoms with Crippen LogP contribution in [0.5, 0.6) is 0 Å². The first-order valence-electron chi connectivity index (χ1n) is 6.04. The van der Waals surface area contributed by atoms with Gasteiger partial charge in [0.05, 0.1) is 18.0 Å². The molecule has 3 aromatic rings. The topological polar surface area (TPSA) is 37.5 Å². The second-order valence-electron chi connectivity index (χ2n) is 4.48. The van der Waals surface area contributed by atoms with Gasteiger partial charge >= 0.3 is 0 Å². The van der Waals surface area contributed by atoms with Gasteiger partial charge in [-0.15, -0.1) is 0 Å². The number of nitrogens with zero attached hydrogens (tertiary/aromatic N) is 2. The third-order valence-corrected chi connectivity index (χ3v) is 3.18. The van der Waals surface area contributed by atoms with Gasteiger partial charge in [0.15, 0.2) is 11.5 Å². The summed E-state index contributed by atoms with van der Waals surface area (Å²) in [6.07, 6.45) is 1.70. The third-order valence-electron chi connectivity index (χ3n) is 3.18. The number of aliphatic hydroxyl groups is 1. The maximum absolute atomic E-state index is 13.7. The lowest BCUT2D eigenvalue weighted by Gasteiger charge is -2.02. The summed E-state index contributed by atoms with van der Waals surface area (Å²) in [6.45, 7) is 1.81. The first-order chi connectivity index (χ1) is 9.20. The van der Waals surface area contributed by atoms with Gasteiger partial charge in [-0.1, -0.05) is 29.8 Å². The Labute approximate surface area is 110 Å². The predicted molar refractivity (Wildman–Crippen MR) is 71.2 cm³/mol. The first kappa shape index (κ1) is 11.9. The van der Waals surface area contributed by atoms with Gasteiger partial charge in [0.1, 0.15) is 0 Å². The SMILES string of the molecule is Cc1ccc(-c2nc3c(F)cccn3c2CO)cc1. The fourth-order valence-corrected chi connectivity index (χ4v) is 2.18. The van der Waals surface area contributed by atoms with Crippen LogP contribution in [0.2, 0.25) is 0 Å². The van der Waals surface area contributed by atoms with Crippen molar-refractivity contribution in [3.8, 4) is 11.3 Å². The average molecular weight is 256 g/mol. The quantitative estimate of drug-likeness (QED) is 0.765. The van der Waals surface area contributed by atoms with Crippen molar-refractivity contribution in [1.82, 2.24) is 9.38 Å². The highest BCUT2D eigenvalue weighted by Crippen LogP contribution is 2.25. The number of hydrogen-bond donors (Lipinski definition) is 1. The van der Waals surface area contributed by atoms with Gasteiger partial charge in [-0.25, -0.2) is 9.37 Å². The maximum Gasteiger partial charge on any atom is 0.174 e. The summed E-state index contributed by atoms with van der Waals surface area (Å²) < 4.78 is 15.3. The molecule has 0 radical (unpaired) electrons. The van der Waals surface area contributed by atoms with Gasteiger partial charge in [0.2, 0.25) is 0 Å². The summed E-state index contributed by atoms with van der Waals surface area (Å²) in [4.78, 5) is 4.31. The number of imidazole rings is 1. The standard InChI is InChI=1S/C15H13FN2O/c1-10-4-6-11(7-5-10)14-13(9-19)18-8-2-3-12(16)15(18)17-14/h2-8,19H,9H2,1H3. The van der Waals surface area contributed by atoms with Crippen LogP contribution < -0.4 is 0 Å². The Bertz CT molecular complexity index is 732. The van der Waals surface area contributed by atoms with Crippen molar-refractivity contribution in [2.75, 3.05) is 0 Å². The molecule has 0 atom stereocenters. The smallest absolute Gasteiger partial charge is 0.174 e. The normalized spacial score (nSPS) is 11.1. The summed E-state index contributed by atoms with van der Waals surface area (Å²) in [6, 6.07) is 10.8. The number of aromatic nitrogens is 2. The Morgan fingerprint density at radius 3 is 2.63 bits per heavy atom. The lowest BCUT2D eigenvalue weighted by atomic mass is 10.1. The van der Waals surface area contributed by atoms with Gasteiger partial charge in [-0.2, -0.15) is 0 Å². The molecule has 96 valence electrons. The van der Waals surface area contributed by atoms with Gasteiger partial charge in [-0.3, -0.25) is 4.40 Å². The zero-order valence-corrected chi connectivity index (χ0v) is 10.5. The van der Waals surface area contributed by atoms with E-state index in [4.69, 9.17) is 0 Å². The second kappa shape index (κ2) is 4.48. The Kier molecular flexibility index (Phi) is 2.80. The molecule has 1 aromatic carbocycles. The Balaban J connectivity index is 2.29. The van der Waals surface area contributed by atoms with E-state index in [2.05, 4.69) is 4.98 Å². The average Bonchev–Trinajstić information content (AvgIpc) is 2.79. The number of rotatable bonds is 2. The van der Waals surface area contributed by atoms with Crippen molar-refractivity contribution >= 4 is 5.65 Å². The minimum Gasteiger partial charge on any atom is -0.390 e. The summed E-state index contributed by atoms with van der Waals surface area (Å²) in [7, 11) is 0. The molecule has 4 heteroatoms. The molecular weight excluding hydrogens is 243 g/mol. The van der Waals surface area contributed by atoms with Crippen molar-refractivity contribution < 1.29 is 9.50 Å². The highest BCUT2D eigenvalue weighted by molar-refractivity contribution is 5.67. The minimum absolute atomic E-state index is 0.187. The molecule has 0 aliphatic rings. The van der Waals surface area contributed by atoms with Crippen LogP contribution in [-0.4, -0.2) is 14.5 Å². The van der Waals surface area contributed by atoms with Crippen LogP contribution in [0, 0.1) is 12.7 Å². The fraction of sp³-hybridized carbons (Fsp3) is 0.133. The van der Waals surface area contributed by atoms with Crippen LogP contribution in [0.25, 0.3) is 16.9 Å². The zero-order valence-electron chi connectivity index (χ0n) is 10.5. The molecule has 0 aliphatic heterocycles. The van der Waals surface area contributed by atoms with E-state index >= 15 is 0 Å². The molecule has 0 aliphatic carbocycles. The molecule has 3 nitrogen and oxygen atoms in total. The summed E-state index contributed by atoms with van der Waals surface area (Å²) in [5.41, 5.74) is 3.47. The Morgan fingerprint density at radius 1 is 1.21 bits per heavy atom. The second-order valence-corrected chi connectivity index (χ2v) is 4.48. The number of fused-ring (bicyclic) bond motifs is 1. The van der Waals surface area contributed by atoms with E-state index < -0.39 is 5.82 Å². The van der Waals surface area contributed by atoms with E-state index in [0.717, 1.165) is 11.1 Å². The molecule has 0 unspecified atom stereocenters. The molecule has 1 N–H and O–H groups in total. The third kappa shape index (κ3) is 1.90. The predicted octanol–water partition coefficient (Wildman–Crippen LogP) is 2.94.